The fraction of sp³-hybridized carbons (Fsp3) is 0.533. The van der Waals surface area contributed by atoms with E-state index in [9.17, 15) is 5.11 Å². The van der Waals surface area contributed by atoms with Crippen LogP contribution in [0.2, 0.25) is 0 Å². The number of aliphatic hydroxyl groups is 1. The van der Waals surface area contributed by atoms with Crippen molar-refractivity contribution < 1.29 is 5.11 Å². The Balaban J connectivity index is 1.99. The molecule has 0 aliphatic heterocycles. The van der Waals surface area contributed by atoms with Crippen molar-refractivity contribution >= 4 is 11.4 Å². The van der Waals surface area contributed by atoms with Crippen LogP contribution in [0.3, 0.4) is 0 Å². The van der Waals surface area contributed by atoms with Gasteiger partial charge in [0, 0.05) is 17.9 Å². The second-order valence-corrected chi connectivity index (χ2v) is 5.39. The van der Waals surface area contributed by atoms with Gasteiger partial charge in [-0.15, -0.1) is 0 Å². The summed E-state index contributed by atoms with van der Waals surface area (Å²) in [6.07, 6.45) is 5.45. The van der Waals surface area contributed by atoms with E-state index in [1.54, 1.807) is 6.07 Å². The zero-order valence-electron chi connectivity index (χ0n) is 11.2. The molecule has 4 nitrogen and oxygen atoms in total. The lowest BCUT2D eigenvalue weighted by atomic mass is 9.85. The maximum Gasteiger partial charge on any atom is 0.0819 e. The number of anilines is 2. The third-order valence-corrected chi connectivity index (χ3v) is 3.82. The van der Waals surface area contributed by atoms with Crippen LogP contribution in [0.15, 0.2) is 18.2 Å². The number of benzene rings is 1. The lowest BCUT2D eigenvalue weighted by molar-refractivity contribution is 0.0167. The minimum absolute atomic E-state index is 0.311. The van der Waals surface area contributed by atoms with Crippen LogP contribution in [0.1, 0.15) is 37.7 Å². The average molecular weight is 259 g/mol. The molecule has 1 aliphatic rings. The molecule has 4 N–H and O–H groups in total. The molecular formula is C15H21N3O. The summed E-state index contributed by atoms with van der Waals surface area (Å²) in [6, 6.07) is 7.70. The van der Waals surface area contributed by atoms with Gasteiger partial charge in [0.2, 0.25) is 0 Å². The van der Waals surface area contributed by atoms with Crippen molar-refractivity contribution in [2.75, 3.05) is 17.6 Å². The van der Waals surface area contributed by atoms with Crippen molar-refractivity contribution in [3.63, 3.8) is 0 Å². The fourth-order valence-electron chi connectivity index (χ4n) is 2.61. The standard InChI is InChI=1S/C15H21N3O/c16-9-6-12-10-13(4-5-14(12)17)18-11-15(19)7-2-1-3-8-15/h4-5,10,18-19H,1-3,6-8,11,17H2. The zero-order valence-corrected chi connectivity index (χ0v) is 11.2. The largest absolute Gasteiger partial charge is 0.398 e. The average Bonchev–Trinajstić information content (AvgIpc) is 2.41. The lowest BCUT2D eigenvalue weighted by Crippen LogP contribution is -2.38. The predicted octanol–water partition coefficient (Wildman–Crippen LogP) is 2.44. The first kappa shape index (κ1) is 13.7. The number of rotatable bonds is 4. The van der Waals surface area contributed by atoms with Crippen molar-refractivity contribution in [1.82, 2.24) is 0 Å². The Morgan fingerprint density at radius 3 is 2.74 bits per heavy atom. The number of nitrogen functional groups attached to an aromatic ring is 1. The summed E-state index contributed by atoms with van der Waals surface area (Å²) in [7, 11) is 0. The van der Waals surface area contributed by atoms with Crippen molar-refractivity contribution in [3.8, 4) is 6.07 Å². The van der Waals surface area contributed by atoms with Crippen molar-refractivity contribution in [1.29, 1.82) is 5.26 Å². The minimum Gasteiger partial charge on any atom is -0.398 e. The van der Waals surface area contributed by atoms with E-state index in [4.69, 9.17) is 11.0 Å². The third kappa shape index (κ3) is 3.62. The van der Waals surface area contributed by atoms with Crippen LogP contribution in [-0.4, -0.2) is 17.3 Å². The van der Waals surface area contributed by atoms with Crippen LogP contribution in [0.5, 0.6) is 0 Å². The molecule has 1 fully saturated rings. The first-order chi connectivity index (χ1) is 9.13. The van der Waals surface area contributed by atoms with Crippen LogP contribution in [0.25, 0.3) is 0 Å². The first-order valence-electron chi connectivity index (χ1n) is 6.85. The molecule has 0 heterocycles. The number of nitrogens with one attached hydrogen (secondary N) is 1. The highest BCUT2D eigenvalue weighted by Crippen LogP contribution is 2.28. The van der Waals surface area contributed by atoms with E-state index >= 15 is 0 Å². The smallest absolute Gasteiger partial charge is 0.0819 e. The second kappa shape index (κ2) is 5.94. The predicted molar refractivity (Wildman–Crippen MR) is 76.7 cm³/mol. The van der Waals surface area contributed by atoms with Crippen LogP contribution < -0.4 is 11.1 Å². The number of hydrogen-bond donors (Lipinski definition) is 3. The Morgan fingerprint density at radius 2 is 2.05 bits per heavy atom. The van der Waals surface area contributed by atoms with Gasteiger partial charge < -0.3 is 16.2 Å². The molecule has 2 rings (SSSR count). The Hall–Kier alpha value is -1.73. The van der Waals surface area contributed by atoms with Gasteiger partial charge in [-0.25, -0.2) is 0 Å². The summed E-state index contributed by atoms with van der Waals surface area (Å²) in [4.78, 5) is 0. The Kier molecular flexibility index (Phi) is 4.28. The molecule has 1 aromatic carbocycles. The van der Waals surface area contributed by atoms with E-state index in [0.717, 1.165) is 36.9 Å². The van der Waals surface area contributed by atoms with Gasteiger partial charge in [0.15, 0.2) is 0 Å². The highest BCUT2D eigenvalue weighted by molar-refractivity contribution is 5.58. The minimum atomic E-state index is -0.588. The molecular weight excluding hydrogens is 238 g/mol. The maximum atomic E-state index is 10.4. The molecule has 0 unspecified atom stereocenters. The van der Waals surface area contributed by atoms with E-state index in [1.165, 1.54) is 6.42 Å². The molecule has 0 aromatic heterocycles. The molecule has 0 spiro atoms. The molecule has 0 atom stereocenters. The number of hydrogen-bond acceptors (Lipinski definition) is 4. The van der Waals surface area contributed by atoms with Gasteiger partial charge in [0.05, 0.1) is 18.1 Å². The number of nitriles is 1. The van der Waals surface area contributed by atoms with Crippen molar-refractivity contribution in [3.05, 3.63) is 23.8 Å². The second-order valence-electron chi connectivity index (χ2n) is 5.39. The van der Waals surface area contributed by atoms with E-state index < -0.39 is 5.60 Å². The highest BCUT2D eigenvalue weighted by atomic mass is 16.3. The lowest BCUT2D eigenvalue weighted by Gasteiger charge is -2.32. The molecule has 1 aromatic rings. The topological polar surface area (TPSA) is 82.1 Å². The van der Waals surface area contributed by atoms with Crippen LogP contribution >= 0.6 is 0 Å². The van der Waals surface area contributed by atoms with Gasteiger partial charge in [0.1, 0.15) is 0 Å². The molecule has 19 heavy (non-hydrogen) atoms. The zero-order chi connectivity index (χ0) is 13.7. The van der Waals surface area contributed by atoms with Gasteiger partial charge in [-0.3, -0.25) is 0 Å². The van der Waals surface area contributed by atoms with Gasteiger partial charge >= 0.3 is 0 Å². The third-order valence-electron chi connectivity index (χ3n) is 3.82. The Labute approximate surface area is 114 Å². The number of nitrogens with zero attached hydrogens (tertiary/aromatic N) is 1. The summed E-state index contributed by atoms with van der Waals surface area (Å²) in [5, 5.41) is 22.4. The molecule has 102 valence electrons. The van der Waals surface area contributed by atoms with E-state index in [1.807, 2.05) is 12.1 Å². The van der Waals surface area contributed by atoms with Crippen LogP contribution in [-0.2, 0) is 6.42 Å². The fourth-order valence-corrected chi connectivity index (χ4v) is 2.61. The van der Waals surface area contributed by atoms with Crippen molar-refractivity contribution in [2.24, 2.45) is 0 Å². The summed E-state index contributed by atoms with van der Waals surface area (Å²) in [5.74, 6) is 0. The molecule has 0 bridgehead atoms. The Bertz CT molecular complexity index is 473. The van der Waals surface area contributed by atoms with E-state index in [0.29, 0.717) is 18.7 Å². The molecule has 0 saturated heterocycles. The van der Waals surface area contributed by atoms with E-state index in [2.05, 4.69) is 11.4 Å². The number of nitrogens with two attached hydrogens (primary N) is 1. The van der Waals surface area contributed by atoms with Gasteiger partial charge in [-0.05, 0) is 36.6 Å². The van der Waals surface area contributed by atoms with Crippen LogP contribution in [0, 0.1) is 11.3 Å². The summed E-state index contributed by atoms with van der Waals surface area (Å²) < 4.78 is 0. The monoisotopic (exact) mass is 259 g/mol. The van der Waals surface area contributed by atoms with Gasteiger partial charge in [-0.1, -0.05) is 19.3 Å². The van der Waals surface area contributed by atoms with Crippen LogP contribution in [0.4, 0.5) is 11.4 Å². The Morgan fingerprint density at radius 1 is 1.32 bits per heavy atom. The first-order valence-corrected chi connectivity index (χ1v) is 6.85. The summed E-state index contributed by atoms with van der Waals surface area (Å²) in [5.41, 5.74) is 7.62. The molecule has 0 amide bonds. The van der Waals surface area contributed by atoms with Crippen molar-refractivity contribution in [2.45, 2.75) is 44.1 Å². The molecule has 4 heteroatoms. The van der Waals surface area contributed by atoms with Gasteiger partial charge in [-0.2, -0.15) is 5.26 Å². The summed E-state index contributed by atoms with van der Waals surface area (Å²) in [6.45, 7) is 0.558. The molecule has 1 saturated carbocycles. The maximum absolute atomic E-state index is 10.4. The highest BCUT2D eigenvalue weighted by Gasteiger charge is 2.28. The quantitative estimate of drug-likeness (QED) is 0.725. The van der Waals surface area contributed by atoms with Gasteiger partial charge in [0.25, 0.3) is 0 Å². The molecule has 0 radical (unpaired) electrons. The normalized spacial score (nSPS) is 17.7. The SMILES string of the molecule is N#CCc1cc(NCC2(O)CCCCC2)ccc1N. The summed E-state index contributed by atoms with van der Waals surface area (Å²) >= 11 is 0. The van der Waals surface area contributed by atoms with E-state index in [-0.39, 0.29) is 0 Å². The molecule has 1 aliphatic carbocycles.